The molecule has 0 saturated heterocycles. The summed E-state index contributed by atoms with van der Waals surface area (Å²) in [6.45, 7) is 6.90. The number of hydrogen-bond donors (Lipinski definition) is 2. The highest BCUT2D eigenvalue weighted by molar-refractivity contribution is 5.92. The van der Waals surface area contributed by atoms with Crippen LogP contribution in [0.3, 0.4) is 0 Å². The van der Waals surface area contributed by atoms with Gasteiger partial charge in [-0.2, -0.15) is 0 Å². The van der Waals surface area contributed by atoms with Crippen LogP contribution in [0, 0.1) is 0 Å². The minimum atomic E-state index is -1.11. The fourth-order valence-electron chi connectivity index (χ4n) is 1.04. The lowest BCUT2D eigenvalue weighted by Crippen LogP contribution is -2.35. The molecule has 0 aliphatic carbocycles. The van der Waals surface area contributed by atoms with Crippen molar-refractivity contribution in [2.24, 2.45) is 5.73 Å². The molecule has 0 aromatic heterocycles. The molecule has 86 valence electrons. The smallest absolute Gasteiger partial charge is 0.334 e. The fraction of sp³-hybridized carbons (Fsp3) is 0.600. The van der Waals surface area contributed by atoms with E-state index in [4.69, 9.17) is 15.6 Å². The lowest BCUT2D eigenvalue weighted by Gasteiger charge is -2.19. The molecule has 3 N–H and O–H groups in total. The van der Waals surface area contributed by atoms with Gasteiger partial charge in [0.15, 0.2) is 0 Å². The fourth-order valence-corrected chi connectivity index (χ4v) is 1.04. The van der Waals surface area contributed by atoms with Gasteiger partial charge in [-0.25, -0.2) is 4.79 Å². The normalized spacial score (nSPS) is 14.1. The monoisotopic (exact) mass is 215 g/mol. The summed E-state index contributed by atoms with van der Waals surface area (Å²) in [4.78, 5) is 21.6. The quantitative estimate of drug-likeness (QED) is 0.502. The third kappa shape index (κ3) is 5.17. The van der Waals surface area contributed by atoms with Crippen LogP contribution in [-0.2, 0) is 14.3 Å². The van der Waals surface area contributed by atoms with Crippen molar-refractivity contribution in [2.75, 3.05) is 0 Å². The van der Waals surface area contributed by atoms with Crippen LogP contribution < -0.4 is 5.73 Å². The van der Waals surface area contributed by atoms with Gasteiger partial charge in [-0.3, -0.25) is 4.79 Å². The van der Waals surface area contributed by atoms with Crippen molar-refractivity contribution in [3.63, 3.8) is 0 Å². The second kappa shape index (κ2) is 6.19. The summed E-state index contributed by atoms with van der Waals surface area (Å²) in [7, 11) is 0. The molecular weight excluding hydrogens is 198 g/mol. The van der Waals surface area contributed by atoms with Crippen molar-refractivity contribution >= 4 is 11.9 Å². The minimum Gasteiger partial charge on any atom is -0.481 e. The molecule has 0 amide bonds. The maximum absolute atomic E-state index is 11.3. The van der Waals surface area contributed by atoms with Crippen molar-refractivity contribution in [1.29, 1.82) is 0 Å². The molecule has 0 saturated carbocycles. The number of hydrogen-bond acceptors (Lipinski definition) is 4. The van der Waals surface area contributed by atoms with E-state index in [1.54, 1.807) is 6.92 Å². The van der Waals surface area contributed by atoms with Crippen LogP contribution in [0.15, 0.2) is 12.2 Å². The molecule has 0 spiro atoms. The average Bonchev–Trinajstić information content (AvgIpc) is 2.11. The number of carboxylic acids is 1. The Morgan fingerprint density at radius 3 is 2.40 bits per heavy atom. The standard InChI is InChI=1S/C10H17NO4/c1-4-8(7(3)11)15-10(14)6(2)5-9(12)13/h7-8H,2,4-5,11H2,1,3H3,(H,12,13). The maximum Gasteiger partial charge on any atom is 0.334 e. The predicted octanol–water partition coefficient (Wildman–Crippen LogP) is 0.686. The van der Waals surface area contributed by atoms with E-state index >= 15 is 0 Å². The molecule has 0 rings (SSSR count). The number of esters is 1. The maximum atomic E-state index is 11.3. The first-order valence-electron chi connectivity index (χ1n) is 4.74. The van der Waals surface area contributed by atoms with Gasteiger partial charge in [-0.05, 0) is 13.3 Å². The minimum absolute atomic E-state index is 0.0680. The summed E-state index contributed by atoms with van der Waals surface area (Å²) in [5.41, 5.74) is 5.51. The predicted molar refractivity (Wildman–Crippen MR) is 55.2 cm³/mol. The Morgan fingerprint density at radius 2 is 2.07 bits per heavy atom. The number of carboxylic acid groups (broad SMARTS) is 1. The lowest BCUT2D eigenvalue weighted by molar-refractivity contribution is -0.147. The molecule has 0 radical (unpaired) electrons. The van der Waals surface area contributed by atoms with E-state index in [0.717, 1.165) is 0 Å². The van der Waals surface area contributed by atoms with Gasteiger partial charge in [0.2, 0.25) is 0 Å². The summed E-state index contributed by atoms with van der Waals surface area (Å²) < 4.78 is 5.00. The second-order valence-corrected chi connectivity index (χ2v) is 3.39. The van der Waals surface area contributed by atoms with Crippen LogP contribution in [0.25, 0.3) is 0 Å². The first-order valence-corrected chi connectivity index (χ1v) is 4.74. The molecule has 0 fully saturated rings. The molecule has 0 aliphatic rings. The molecule has 0 heterocycles. The van der Waals surface area contributed by atoms with E-state index < -0.39 is 24.5 Å². The Kier molecular flexibility index (Phi) is 5.62. The number of carbonyl (C=O) groups is 2. The van der Waals surface area contributed by atoms with E-state index in [1.807, 2.05) is 6.92 Å². The van der Waals surface area contributed by atoms with Gasteiger partial charge in [-0.1, -0.05) is 13.5 Å². The molecule has 0 bridgehead atoms. The van der Waals surface area contributed by atoms with Gasteiger partial charge >= 0.3 is 11.9 Å². The molecular formula is C10H17NO4. The van der Waals surface area contributed by atoms with Gasteiger partial charge in [-0.15, -0.1) is 0 Å². The second-order valence-electron chi connectivity index (χ2n) is 3.39. The van der Waals surface area contributed by atoms with Crippen LogP contribution in [-0.4, -0.2) is 29.2 Å². The number of carbonyl (C=O) groups excluding carboxylic acids is 1. The van der Waals surface area contributed by atoms with Crippen molar-refractivity contribution in [1.82, 2.24) is 0 Å². The number of aliphatic carboxylic acids is 1. The zero-order valence-electron chi connectivity index (χ0n) is 9.03. The number of rotatable bonds is 6. The largest absolute Gasteiger partial charge is 0.481 e. The molecule has 5 nitrogen and oxygen atoms in total. The molecule has 0 aromatic carbocycles. The van der Waals surface area contributed by atoms with E-state index in [2.05, 4.69) is 6.58 Å². The molecule has 0 aromatic rings. The summed E-state index contributed by atoms with van der Waals surface area (Å²) >= 11 is 0. The Labute approximate surface area is 88.9 Å². The topological polar surface area (TPSA) is 89.6 Å². The Hall–Kier alpha value is -1.36. The van der Waals surface area contributed by atoms with E-state index in [1.165, 1.54) is 0 Å². The summed E-state index contributed by atoms with van der Waals surface area (Å²) in [5.74, 6) is -1.80. The lowest BCUT2D eigenvalue weighted by atomic mass is 10.1. The highest BCUT2D eigenvalue weighted by Crippen LogP contribution is 2.08. The highest BCUT2D eigenvalue weighted by Gasteiger charge is 2.19. The molecule has 2 unspecified atom stereocenters. The van der Waals surface area contributed by atoms with Crippen molar-refractivity contribution < 1.29 is 19.4 Å². The summed E-state index contributed by atoms with van der Waals surface area (Å²) in [5, 5.41) is 8.44. The van der Waals surface area contributed by atoms with Gasteiger partial charge in [0.05, 0.1) is 6.42 Å². The molecule has 15 heavy (non-hydrogen) atoms. The Bertz CT molecular complexity index is 260. The number of ether oxygens (including phenoxy) is 1. The van der Waals surface area contributed by atoms with Crippen molar-refractivity contribution in [3.05, 3.63) is 12.2 Å². The van der Waals surface area contributed by atoms with Gasteiger partial charge in [0.25, 0.3) is 0 Å². The van der Waals surface area contributed by atoms with Crippen LogP contribution in [0.5, 0.6) is 0 Å². The number of nitrogens with two attached hydrogens (primary N) is 1. The SMILES string of the molecule is C=C(CC(=O)O)C(=O)OC(CC)C(C)N. The van der Waals surface area contributed by atoms with Crippen LogP contribution in [0.1, 0.15) is 26.7 Å². The summed E-state index contributed by atoms with van der Waals surface area (Å²) in [6, 6.07) is -0.281. The molecule has 0 aliphatic heterocycles. The Balaban J connectivity index is 4.22. The average molecular weight is 215 g/mol. The summed E-state index contributed by atoms with van der Waals surface area (Å²) in [6.07, 6.45) is -0.221. The van der Waals surface area contributed by atoms with Crippen molar-refractivity contribution in [3.8, 4) is 0 Å². The first kappa shape index (κ1) is 13.6. The van der Waals surface area contributed by atoms with Gasteiger partial charge in [0, 0.05) is 11.6 Å². The van der Waals surface area contributed by atoms with Crippen molar-refractivity contribution in [2.45, 2.75) is 38.8 Å². The zero-order chi connectivity index (χ0) is 12.0. The highest BCUT2D eigenvalue weighted by atomic mass is 16.5. The van der Waals surface area contributed by atoms with Crippen LogP contribution >= 0.6 is 0 Å². The molecule has 2 atom stereocenters. The van der Waals surface area contributed by atoms with Gasteiger partial charge in [0.1, 0.15) is 6.10 Å². The Morgan fingerprint density at radius 1 is 1.53 bits per heavy atom. The van der Waals surface area contributed by atoms with Gasteiger partial charge < -0.3 is 15.6 Å². The third-order valence-electron chi connectivity index (χ3n) is 1.90. The van der Waals surface area contributed by atoms with E-state index in [0.29, 0.717) is 6.42 Å². The van der Waals surface area contributed by atoms with E-state index in [-0.39, 0.29) is 11.6 Å². The van der Waals surface area contributed by atoms with Crippen LogP contribution in [0.4, 0.5) is 0 Å². The van der Waals surface area contributed by atoms with Crippen LogP contribution in [0.2, 0.25) is 0 Å². The van der Waals surface area contributed by atoms with E-state index in [9.17, 15) is 9.59 Å². The zero-order valence-corrected chi connectivity index (χ0v) is 9.03. The third-order valence-corrected chi connectivity index (χ3v) is 1.90. The first-order chi connectivity index (χ1) is 6.88. The molecule has 5 heteroatoms.